The Morgan fingerprint density at radius 1 is 1.30 bits per heavy atom. The minimum atomic E-state index is -0.558. The third kappa shape index (κ3) is 3.32. The summed E-state index contributed by atoms with van der Waals surface area (Å²) in [5.74, 6) is 0.303. The number of nitrogens with one attached hydrogen (secondary N) is 1. The van der Waals surface area contributed by atoms with E-state index in [4.69, 9.17) is 0 Å². The van der Waals surface area contributed by atoms with Gasteiger partial charge in [0, 0.05) is 32.7 Å². The molecule has 0 aliphatic carbocycles. The number of rotatable bonds is 4. The number of nitriles is 1. The van der Waals surface area contributed by atoms with Crippen molar-refractivity contribution in [2.24, 2.45) is 14.1 Å². The maximum atomic E-state index is 12.1. The molecule has 2 heterocycles. The average molecular weight is 319 g/mol. The molecule has 1 fully saturated rings. The number of hydrogen-bond acceptors (Lipinski definition) is 5. The normalized spacial score (nSPS) is 20.0. The Morgan fingerprint density at radius 3 is 2.61 bits per heavy atom. The summed E-state index contributed by atoms with van der Waals surface area (Å²) in [6.45, 7) is 5.99. The van der Waals surface area contributed by atoms with Gasteiger partial charge >= 0.3 is 5.69 Å². The molecule has 1 aromatic heterocycles. The van der Waals surface area contributed by atoms with Crippen molar-refractivity contribution < 1.29 is 0 Å². The van der Waals surface area contributed by atoms with Gasteiger partial charge in [-0.1, -0.05) is 6.42 Å². The molecule has 0 radical (unpaired) electrons. The lowest BCUT2D eigenvalue weighted by Crippen LogP contribution is -2.47. The van der Waals surface area contributed by atoms with Gasteiger partial charge in [0.25, 0.3) is 5.56 Å². The standard InChI is InChI=1S/C16H25N5O2/c1-11-7-5-6-8-21(11)12(2)10-18-14-13(9-17)15(22)20(4)16(23)19(14)3/h11-12,18H,5-8,10H2,1-4H3/t11-,12+/m0/s1. The fourth-order valence-corrected chi connectivity index (χ4v) is 3.29. The summed E-state index contributed by atoms with van der Waals surface area (Å²) in [6.07, 6.45) is 3.65. The van der Waals surface area contributed by atoms with Crippen LogP contribution in [0.4, 0.5) is 5.82 Å². The quantitative estimate of drug-likeness (QED) is 0.880. The zero-order valence-corrected chi connectivity index (χ0v) is 14.3. The molecule has 0 unspecified atom stereocenters. The lowest BCUT2D eigenvalue weighted by molar-refractivity contribution is 0.120. The first-order valence-corrected chi connectivity index (χ1v) is 8.08. The van der Waals surface area contributed by atoms with Crippen LogP contribution in [-0.2, 0) is 14.1 Å². The van der Waals surface area contributed by atoms with Gasteiger partial charge in [0.2, 0.25) is 0 Å². The van der Waals surface area contributed by atoms with E-state index in [9.17, 15) is 14.9 Å². The van der Waals surface area contributed by atoms with Crippen LogP contribution in [0.2, 0.25) is 0 Å². The van der Waals surface area contributed by atoms with Gasteiger partial charge in [0.1, 0.15) is 11.9 Å². The summed E-state index contributed by atoms with van der Waals surface area (Å²) in [4.78, 5) is 26.5. The van der Waals surface area contributed by atoms with Gasteiger partial charge in [-0.25, -0.2) is 4.79 Å². The highest BCUT2D eigenvalue weighted by atomic mass is 16.2. The number of nitrogens with zero attached hydrogens (tertiary/aromatic N) is 4. The predicted molar refractivity (Wildman–Crippen MR) is 89.6 cm³/mol. The molecule has 1 aliphatic rings. The van der Waals surface area contributed by atoms with Gasteiger partial charge in [-0.15, -0.1) is 0 Å². The first-order valence-electron chi connectivity index (χ1n) is 8.08. The predicted octanol–water partition coefficient (Wildman–Crippen LogP) is 0.630. The van der Waals surface area contributed by atoms with E-state index < -0.39 is 11.2 Å². The second kappa shape index (κ2) is 7.01. The van der Waals surface area contributed by atoms with Gasteiger partial charge in [-0.05, 0) is 33.2 Å². The summed E-state index contributed by atoms with van der Waals surface area (Å²) in [6, 6.07) is 2.71. The van der Waals surface area contributed by atoms with E-state index in [0.717, 1.165) is 11.1 Å². The van der Waals surface area contributed by atoms with Crippen LogP contribution < -0.4 is 16.6 Å². The molecule has 1 aliphatic heterocycles. The molecule has 1 saturated heterocycles. The zero-order chi connectivity index (χ0) is 17.1. The molecule has 1 N–H and O–H groups in total. The molecule has 2 rings (SSSR count). The van der Waals surface area contributed by atoms with Crippen LogP contribution in [0.3, 0.4) is 0 Å². The van der Waals surface area contributed by atoms with Crippen molar-refractivity contribution in [1.82, 2.24) is 14.0 Å². The Kier molecular flexibility index (Phi) is 5.26. The molecule has 126 valence electrons. The Morgan fingerprint density at radius 2 is 2.00 bits per heavy atom. The van der Waals surface area contributed by atoms with E-state index in [0.29, 0.717) is 18.4 Å². The molecule has 7 heteroatoms. The molecule has 0 bridgehead atoms. The van der Waals surface area contributed by atoms with Crippen LogP contribution in [0.1, 0.15) is 38.7 Å². The summed E-state index contributed by atoms with van der Waals surface area (Å²) in [5.41, 5.74) is -1.01. The molecule has 2 atom stereocenters. The molecule has 0 amide bonds. The van der Waals surface area contributed by atoms with E-state index in [1.165, 1.54) is 30.9 Å². The first-order chi connectivity index (χ1) is 10.9. The molecule has 23 heavy (non-hydrogen) atoms. The van der Waals surface area contributed by atoms with Crippen LogP contribution in [0, 0.1) is 11.3 Å². The molecule has 7 nitrogen and oxygen atoms in total. The number of piperidine rings is 1. The van der Waals surface area contributed by atoms with E-state index in [-0.39, 0.29) is 11.6 Å². The van der Waals surface area contributed by atoms with Crippen LogP contribution in [-0.4, -0.2) is 39.2 Å². The number of hydrogen-bond donors (Lipinski definition) is 1. The van der Waals surface area contributed by atoms with Crippen molar-refractivity contribution in [1.29, 1.82) is 5.26 Å². The van der Waals surface area contributed by atoms with E-state index in [2.05, 4.69) is 24.1 Å². The number of aromatic nitrogens is 2. The second-order valence-electron chi connectivity index (χ2n) is 6.35. The second-order valence-corrected chi connectivity index (χ2v) is 6.35. The summed E-state index contributed by atoms with van der Waals surface area (Å²) in [5, 5.41) is 12.4. The molecular formula is C16H25N5O2. The van der Waals surface area contributed by atoms with Crippen molar-refractivity contribution >= 4 is 5.82 Å². The summed E-state index contributed by atoms with van der Waals surface area (Å²) >= 11 is 0. The van der Waals surface area contributed by atoms with Crippen molar-refractivity contribution in [3.63, 3.8) is 0 Å². The zero-order valence-electron chi connectivity index (χ0n) is 14.3. The largest absolute Gasteiger partial charge is 0.369 e. The summed E-state index contributed by atoms with van der Waals surface area (Å²) < 4.78 is 2.28. The molecule has 0 spiro atoms. The van der Waals surface area contributed by atoms with E-state index >= 15 is 0 Å². The van der Waals surface area contributed by atoms with E-state index in [1.807, 2.05) is 6.07 Å². The highest BCUT2D eigenvalue weighted by Crippen LogP contribution is 2.19. The minimum Gasteiger partial charge on any atom is -0.369 e. The third-order valence-electron chi connectivity index (χ3n) is 4.76. The Balaban J connectivity index is 2.22. The molecule has 1 aromatic rings. The van der Waals surface area contributed by atoms with Gasteiger partial charge in [0.05, 0.1) is 0 Å². The Labute approximate surface area is 136 Å². The van der Waals surface area contributed by atoms with Gasteiger partial charge in [0.15, 0.2) is 5.56 Å². The fraction of sp³-hybridized carbons (Fsp3) is 0.688. The topological polar surface area (TPSA) is 83.1 Å². The lowest BCUT2D eigenvalue weighted by atomic mass is 10.0. The Hall–Kier alpha value is -2.07. The fourth-order valence-electron chi connectivity index (χ4n) is 3.29. The van der Waals surface area contributed by atoms with Crippen molar-refractivity contribution in [3.05, 3.63) is 26.4 Å². The van der Waals surface area contributed by atoms with Crippen molar-refractivity contribution in [2.45, 2.75) is 45.2 Å². The van der Waals surface area contributed by atoms with Gasteiger partial charge in [-0.3, -0.25) is 18.8 Å². The van der Waals surface area contributed by atoms with Crippen molar-refractivity contribution in [3.8, 4) is 6.07 Å². The number of anilines is 1. The maximum absolute atomic E-state index is 12.1. The van der Waals surface area contributed by atoms with Crippen molar-refractivity contribution in [2.75, 3.05) is 18.4 Å². The molecule has 0 saturated carbocycles. The maximum Gasteiger partial charge on any atom is 0.332 e. The lowest BCUT2D eigenvalue weighted by Gasteiger charge is -2.38. The average Bonchev–Trinajstić information content (AvgIpc) is 2.55. The van der Waals surface area contributed by atoms with Crippen LogP contribution in [0.5, 0.6) is 0 Å². The SMILES string of the molecule is C[C@H](CNc1c(C#N)c(=O)n(C)c(=O)n1C)N1CCCC[C@@H]1C. The van der Waals surface area contributed by atoms with Crippen LogP contribution >= 0.6 is 0 Å². The first kappa shape index (κ1) is 17.3. The van der Waals surface area contributed by atoms with Gasteiger partial charge in [-0.2, -0.15) is 5.26 Å². The minimum absolute atomic E-state index is 0.0199. The Bertz CT molecular complexity index is 728. The molecular weight excluding hydrogens is 294 g/mol. The highest BCUT2D eigenvalue weighted by Gasteiger charge is 2.23. The van der Waals surface area contributed by atoms with Gasteiger partial charge < -0.3 is 5.32 Å². The van der Waals surface area contributed by atoms with Crippen LogP contribution in [0.15, 0.2) is 9.59 Å². The number of likely N-dealkylation sites (tertiary alicyclic amines) is 1. The highest BCUT2D eigenvalue weighted by molar-refractivity contribution is 5.51. The third-order valence-corrected chi connectivity index (χ3v) is 4.76. The monoisotopic (exact) mass is 319 g/mol. The van der Waals surface area contributed by atoms with Crippen LogP contribution in [0.25, 0.3) is 0 Å². The summed E-state index contributed by atoms with van der Waals surface area (Å²) in [7, 11) is 2.95. The molecule has 0 aromatic carbocycles. The smallest absolute Gasteiger partial charge is 0.332 e. The van der Waals surface area contributed by atoms with E-state index in [1.54, 1.807) is 7.05 Å².